The smallest absolute Gasteiger partial charge is 0.410 e. The summed E-state index contributed by atoms with van der Waals surface area (Å²) >= 11 is 5.69. The molecule has 0 unspecified atom stereocenters. The maximum absolute atomic E-state index is 12.3. The zero-order chi connectivity index (χ0) is 16.2. The first-order valence-corrected chi connectivity index (χ1v) is 7.84. The van der Waals surface area contributed by atoms with Crippen molar-refractivity contribution >= 4 is 17.7 Å². The van der Waals surface area contributed by atoms with Crippen LogP contribution < -0.4 is 4.74 Å². The highest BCUT2D eigenvalue weighted by Gasteiger charge is 2.30. The molecule has 1 aromatic rings. The number of carbonyl (C=O) groups excluding carboxylic acids is 1. The Morgan fingerprint density at radius 1 is 1.36 bits per heavy atom. The number of halogens is 1. The molecule has 122 valence electrons. The second-order valence-electron chi connectivity index (χ2n) is 6.33. The lowest BCUT2D eigenvalue weighted by atomic mass is 10.0. The lowest BCUT2D eigenvalue weighted by Gasteiger charge is -2.36. The number of piperidine rings is 1. The molecule has 22 heavy (non-hydrogen) atoms. The van der Waals surface area contributed by atoms with E-state index in [1.54, 1.807) is 17.0 Å². The molecule has 0 bridgehead atoms. The van der Waals surface area contributed by atoms with Crippen LogP contribution in [0.1, 0.15) is 40.0 Å². The first-order chi connectivity index (χ1) is 10.3. The quantitative estimate of drug-likeness (QED) is 0.852. The van der Waals surface area contributed by atoms with Crippen molar-refractivity contribution in [3.8, 4) is 5.88 Å². The van der Waals surface area contributed by atoms with Crippen molar-refractivity contribution in [2.75, 3.05) is 13.2 Å². The second-order valence-corrected chi connectivity index (χ2v) is 6.72. The summed E-state index contributed by atoms with van der Waals surface area (Å²) in [6.07, 6.45) is 2.65. The van der Waals surface area contributed by atoms with Crippen LogP contribution in [0.5, 0.6) is 5.88 Å². The number of amides is 1. The van der Waals surface area contributed by atoms with Crippen LogP contribution in [-0.2, 0) is 4.74 Å². The number of rotatable bonds is 3. The summed E-state index contributed by atoms with van der Waals surface area (Å²) in [5.41, 5.74) is -0.498. The van der Waals surface area contributed by atoms with Gasteiger partial charge in [0.25, 0.3) is 0 Å². The summed E-state index contributed by atoms with van der Waals surface area (Å²) in [5.74, 6) is 0.402. The molecule has 1 aliphatic rings. The maximum Gasteiger partial charge on any atom is 0.410 e. The average Bonchev–Trinajstić information content (AvgIpc) is 2.45. The Hall–Kier alpha value is -1.56. The summed E-state index contributed by atoms with van der Waals surface area (Å²) in [4.78, 5) is 14.0. The zero-order valence-corrected chi connectivity index (χ0v) is 14.0. The molecule has 1 saturated heterocycles. The third-order valence-electron chi connectivity index (χ3n) is 3.29. The van der Waals surface area contributed by atoms with Gasteiger partial charge in [-0.15, -0.1) is 10.2 Å². The number of aromatic nitrogens is 2. The summed E-state index contributed by atoms with van der Waals surface area (Å²) in [6.45, 7) is 6.65. The van der Waals surface area contributed by atoms with Gasteiger partial charge in [0, 0.05) is 12.6 Å². The van der Waals surface area contributed by atoms with Gasteiger partial charge in [-0.25, -0.2) is 4.79 Å². The van der Waals surface area contributed by atoms with Crippen molar-refractivity contribution in [1.29, 1.82) is 0 Å². The predicted octanol–water partition coefficient (Wildman–Crippen LogP) is 3.30. The predicted molar refractivity (Wildman–Crippen MR) is 83.1 cm³/mol. The first-order valence-electron chi connectivity index (χ1n) is 7.47. The lowest BCUT2D eigenvalue weighted by molar-refractivity contribution is 0.00330. The molecule has 0 N–H and O–H groups in total. The van der Waals surface area contributed by atoms with Crippen molar-refractivity contribution in [3.63, 3.8) is 0 Å². The lowest BCUT2D eigenvalue weighted by Crippen LogP contribution is -2.48. The van der Waals surface area contributed by atoms with Crippen LogP contribution >= 0.6 is 11.6 Å². The Balaban J connectivity index is 1.94. The molecular weight excluding hydrogens is 306 g/mol. The topological polar surface area (TPSA) is 64.5 Å². The van der Waals surface area contributed by atoms with E-state index in [4.69, 9.17) is 21.1 Å². The highest BCUT2D eigenvalue weighted by atomic mass is 35.5. The Bertz CT molecular complexity index is 502. The van der Waals surface area contributed by atoms with Crippen LogP contribution in [0.3, 0.4) is 0 Å². The number of ether oxygens (including phenoxy) is 2. The van der Waals surface area contributed by atoms with Crippen molar-refractivity contribution in [1.82, 2.24) is 15.1 Å². The standard InChI is InChI=1S/C15H22ClN3O3/c1-15(2,3)22-14(20)19-9-5-4-6-11(19)10-21-13-8-7-12(16)17-18-13/h7-8,11H,4-6,9-10H2,1-3H3/t11-/m1/s1. The second kappa shape index (κ2) is 7.13. The van der Waals surface area contributed by atoms with E-state index in [-0.39, 0.29) is 12.1 Å². The van der Waals surface area contributed by atoms with Crippen molar-refractivity contribution < 1.29 is 14.3 Å². The van der Waals surface area contributed by atoms with E-state index in [2.05, 4.69) is 10.2 Å². The van der Waals surface area contributed by atoms with Crippen LogP contribution in [0.2, 0.25) is 5.15 Å². The van der Waals surface area contributed by atoms with Crippen LogP contribution in [-0.4, -0.2) is 46.0 Å². The number of likely N-dealkylation sites (tertiary alicyclic amines) is 1. The molecule has 0 aromatic carbocycles. The van der Waals surface area contributed by atoms with Gasteiger partial charge >= 0.3 is 6.09 Å². The number of hydrogen-bond donors (Lipinski definition) is 0. The molecule has 2 heterocycles. The van der Waals surface area contributed by atoms with Crippen molar-refractivity contribution in [2.45, 2.75) is 51.7 Å². The summed E-state index contributed by atoms with van der Waals surface area (Å²) < 4.78 is 11.1. The van der Waals surface area contributed by atoms with Crippen LogP contribution in [0.4, 0.5) is 4.79 Å². The first kappa shape index (κ1) is 16.8. The average molecular weight is 328 g/mol. The van der Waals surface area contributed by atoms with Gasteiger partial charge in [-0.3, -0.25) is 0 Å². The Morgan fingerprint density at radius 3 is 2.77 bits per heavy atom. The molecule has 6 nitrogen and oxygen atoms in total. The minimum absolute atomic E-state index is 0.0129. The molecule has 1 aromatic heterocycles. The largest absolute Gasteiger partial charge is 0.474 e. The molecule has 1 aliphatic heterocycles. The van der Waals surface area contributed by atoms with Gasteiger partial charge in [0.1, 0.15) is 12.2 Å². The molecule has 0 aliphatic carbocycles. The highest BCUT2D eigenvalue weighted by Crippen LogP contribution is 2.21. The normalized spacial score (nSPS) is 18.9. The molecule has 1 atom stereocenters. The van der Waals surface area contributed by atoms with Gasteiger partial charge in [-0.05, 0) is 46.1 Å². The van der Waals surface area contributed by atoms with Gasteiger partial charge in [0.15, 0.2) is 5.15 Å². The number of nitrogens with zero attached hydrogens (tertiary/aromatic N) is 3. The molecule has 0 radical (unpaired) electrons. The monoisotopic (exact) mass is 327 g/mol. The Kier molecular flexibility index (Phi) is 5.45. The summed E-state index contributed by atoms with van der Waals surface area (Å²) in [7, 11) is 0. The van der Waals surface area contributed by atoms with Gasteiger partial charge < -0.3 is 14.4 Å². The SMILES string of the molecule is CC(C)(C)OC(=O)N1CCCC[C@@H]1COc1ccc(Cl)nn1. The van der Waals surface area contributed by atoms with Gasteiger partial charge in [0.2, 0.25) is 5.88 Å². The van der Waals surface area contributed by atoms with E-state index in [1.807, 2.05) is 20.8 Å². The van der Waals surface area contributed by atoms with E-state index in [0.717, 1.165) is 19.3 Å². The van der Waals surface area contributed by atoms with Crippen LogP contribution in [0.15, 0.2) is 12.1 Å². The number of carbonyl (C=O) groups is 1. The maximum atomic E-state index is 12.3. The van der Waals surface area contributed by atoms with E-state index in [9.17, 15) is 4.79 Å². The van der Waals surface area contributed by atoms with E-state index in [1.165, 1.54) is 0 Å². The van der Waals surface area contributed by atoms with Crippen molar-refractivity contribution in [2.24, 2.45) is 0 Å². The molecule has 7 heteroatoms. The molecule has 1 amide bonds. The van der Waals surface area contributed by atoms with Gasteiger partial charge in [-0.1, -0.05) is 11.6 Å². The molecular formula is C15H22ClN3O3. The fourth-order valence-corrected chi connectivity index (χ4v) is 2.40. The Morgan fingerprint density at radius 2 is 2.14 bits per heavy atom. The van der Waals surface area contributed by atoms with E-state index >= 15 is 0 Å². The highest BCUT2D eigenvalue weighted by molar-refractivity contribution is 6.29. The van der Waals surface area contributed by atoms with E-state index < -0.39 is 5.60 Å². The molecule has 0 saturated carbocycles. The summed E-state index contributed by atoms with van der Waals surface area (Å²) in [6, 6.07) is 3.27. The zero-order valence-electron chi connectivity index (χ0n) is 13.2. The minimum atomic E-state index is -0.498. The molecule has 0 spiro atoms. The van der Waals surface area contributed by atoms with Gasteiger partial charge in [0.05, 0.1) is 6.04 Å². The minimum Gasteiger partial charge on any atom is -0.474 e. The fourth-order valence-electron chi connectivity index (χ4n) is 2.30. The van der Waals surface area contributed by atoms with Crippen molar-refractivity contribution in [3.05, 3.63) is 17.3 Å². The number of hydrogen-bond acceptors (Lipinski definition) is 5. The molecule has 1 fully saturated rings. The Labute approximate surface area is 135 Å². The van der Waals surface area contributed by atoms with Gasteiger partial charge in [-0.2, -0.15) is 0 Å². The third-order valence-corrected chi connectivity index (χ3v) is 3.49. The third kappa shape index (κ3) is 5.02. The van der Waals surface area contributed by atoms with Crippen LogP contribution in [0.25, 0.3) is 0 Å². The van der Waals surface area contributed by atoms with Crippen LogP contribution in [0, 0.1) is 0 Å². The van der Waals surface area contributed by atoms with E-state index in [0.29, 0.717) is 24.2 Å². The summed E-state index contributed by atoms with van der Waals surface area (Å²) in [5, 5.41) is 7.90. The molecule has 2 rings (SSSR count). The fraction of sp³-hybridized carbons (Fsp3) is 0.667.